The van der Waals surface area contributed by atoms with E-state index < -0.39 is 9.84 Å². The van der Waals surface area contributed by atoms with Crippen LogP contribution in [-0.4, -0.2) is 13.4 Å². The fraction of sp³-hybridized carbons (Fsp3) is 0.0500. The summed E-state index contributed by atoms with van der Waals surface area (Å²) in [6.45, 7) is 0.250. The molecule has 0 atom stereocenters. The minimum atomic E-state index is -3.88. The van der Waals surface area contributed by atoms with E-state index in [1.54, 1.807) is 54.6 Å². The van der Waals surface area contributed by atoms with Crippen molar-refractivity contribution >= 4 is 27.3 Å². The summed E-state index contributed by atoms with van der Waals surface area (Å²) in [7, 11) is -3.88. The molecule has 0 fully saturated rings. The van der Waals surface area contributed by atoms with Crippen LogP contribution in [0.3, 0.4) is 0 Å². The lowest BCUT2D eigenvalue weighted by Crippen LogP contribution is -2.07. The average Bonchev–Trinajstić information content (AvgIpc) is 3.38. The van der Waals surface area contributed by atoms with Crippen LogP contribution in [0, 0.1) is 0 Å². The lowest BCUT2D eigenvalue weighted by molar-refractivity contribution is 0.511. The van der Waals surface area contributed by atoms with Gasteiger partial charge in [0.05, 0.1) is 17.7 Å². The van der Waals surface area contributed by atoms with Crippen molar-refractivity contribution in [2.75, 3.05) is 5.32 Å². The van der Waals surface area contributed by atoms with E-state index in [-0.39, 0.29) is 28.2 Å². The summed E-state index contributed by atoms with van der Waals surface area (Å²) in [5.74, 6) is 0.853. The maximum atomic E-state index is 13.1. The molecule has 0 bridgehead atoms. The number of aromatic nitrogens is 1. The van der Waals surface area contributed by atoms with Crippen LogP contribution < -0.4 is 5.32 Å². The zero-order valence-corrected chi connectivity index (χ0v) is 16.1. The Labute approximate surface area is 166 Å². The lowest BCUT2D eigenvalue weighted by atomic mass is 10.2. The second-order valence-corrected chi connectivity index (χ2v) is 8.21. The number of rotatable bonds is 6. The Morgan fingerprint density at radius 1 is 0.964 bits per heavy atom. The van der Waals surface area contributed by atoms with Crippen LogP contribution >= 0.6 is 11.6 Å². The fourth-order valence-electron chi connectivity index (χ4n) is 2.61. The maximum Gasteiger partial charge on any atom is 0.234 e. The zero-order chi connectivity index (χ0) is 19.6. The van der Waals surface area contributed by atoms with Crippen LogP contribution in [0.25, 0.3) is 11.5 Å². The molecule has 0 spiro atoms. The van der Waals surface area contributed by atoms with Crippen molar-refractivity contribution in [3.63, 3.8) is 0 Å². The molecule has 0 saturated heterocycles. The molecule has 28 heavy (non-hydrogen) atoms. The number of halogens is 1. The number of hydrogen-bond donors (Lipinski definition) is 1. The first-order valence-corrected chi connectivity index (χ1v) is 10.2. The van der Waals surface area contributed by atoms with E-state index in [4.69, 9.17) is 20.4 Å². The quantitative estimate of drug-likeness (QED) is 0.476. The maximum absolute atomic E-state index is 13.1. The number of nitrogens with zero attached hydrogens (tertiary/aromatic N) is 1. The van der Waals surface area contributed by atoms with Crippen LogP contribution in [0.15, 0.2) is 91.7 Å². The van der Waals surface area contributed by atoms with Crippen LogP contribution in [0.5, 0.6) is 0 Å². The van der Waals surface area contributed by atoms with Gasteiger partial charge in [0.25, 0.3) is 0 Å². The number of anilines is 1. The van der Waals surface area contributed by atoms with Gasteiger partial charge in [-0.05, 0) is 48.5 Å². The number of sulfone groups is 1. The molecule has 6 nitrogen and oxygen atoms in total. The largest absolute Gasteiger partial charge is 0.467 e. The predicted molar refractivity (Wildman–Crippen MR) is 105 cm³/mol. The van der Waals surface area contributed by atoms with E-state index in [1.807, 2.05) is 0 Å². The van der Waals surface area contributed by atoms with Crippen LogP contribution in [-0.2, 0) is 16.4 Å². The number of oxazole rings is 1. The standard InChI is InChI=1S/C20H15ClN2O4S/c21-15-10-8-14(9-11-15)18-23-20(28(24,25)17-6-2-1-3-7-17)19(27-18)22-13-16-5-4-12-26-16/h1-12,22H,13H2. The monoisotopic (exact) mass is 414 g/mol. The van der Waals surface area contributed by atoms with Crippen molar-refractivity contribution in [3.05, 3.63) is 83.8 Å². The molecule has 2 aromatic carbocycles. The van der Waals surface area contributed by atoms with Crippen LogP contribution in [0.2, 0.25) is 5.02 Å². The van der Waals surface area contributed by atoms with Gasteiger partial charge in [-0.2, -0.15) is 4.98 Å². The van der Waals surface area contributed by atoms with Gasteiger partial charge in [-0.25, -0.2) is 8.42 Å². The van der Waals surface area contributed by atoms with Gasteiger partial charge in [-0.3, -0.25) is 0 Å². The molecule has 0 unspecified atom stereocenters. The van der Waals surface area contributed by atoms with Crippen molar-refractivity contribution < 1.29 is 17.3 Å². The molecule has 142 valence electrons. The SMILES string of the molecule is O=S(=O)(c1ccccc1)c1nc(-c2ccc(Cl)cc2)oc1NCc1ccco1. The lowest BCUT2D eigenvalue weighted by Gasteiger charge is -2.04. The smallest absolute Gasteiger partial charge is 0.234 e. The van der Waals surface area contributed by atoms with Crippen molar-refractivity contribution in [3.8, 4) is 11.5 Å². The third-order valence-corrected chi connectivity index (χ3v) is 5.93. The molecule has 0 amide bonds. The van der Waals surface area contributed by atoms with E-state index in [2.05, 4.69) is 10.3 Å². The Bertz CT molecular complexity index is 1170. The molecule has 2 heterocycles. The predicted octanol–water partition coefficient (Wildman–Crippen LogP) is 5.03. The molecule has 0 aliphatic carbocycles. The molecular weight excluding hydrogens is 400 g/mol. The van der Waals surface area contributed by atoms with E-state index in [0.717, 1.165) is 0 Å². The fourth-order valence-corrected chi connectivity index (χ4v) is 4.03. The minimum Gasteiger partial charge on any atom is -0.467 e. The van der Waals surface area contributed by atoms with Gasteiger partial charge in [-0.1, -0.05) is 29.8 Å². The highest BCUT2D eigenvalue weighted by Gasteiger charge is 2.28. The third kappa shape index (κ3) is 3.67. The summed E-state index contributed by atoms with van der Waals surface area (Å²) in [5.41, 5.74) is 0.611. The summed E-state index contributed by atoms with van der Waals surface area (Å²) < 4.78 is 37.3. The van der Waals surface area contributed by atoms with E-state index in [0.29, 0.717) is 16.3 Å². The van der Waals surface area contributed by atoms with Gasteiger partial charge in [0.2, 0.25) is 26.6 Å². The highest BCUT2D eigenvalue weighted by molar-refractivity contribution is 7.91. The second-order valence-electron chi connectivity index (χ2n) is 5.91. The average molecular weight is 415 g/mol. The Kier molecular flexibility index (Phi) is 4.93. The molecule has 4 rings (SSSR count). The third-order valence-electron chi connectivity index (χ3n) is 4.00. The van der Waals surface area contributed by atoms with Gasteiger partial charge < -0.3 is 14.2 Å². The molecule has 0 aliphatic rings. The molecule has 2 aromatic heterocycles. The summed E-state index contributed by atoms with van der Waals surface area (Å²) in [6.07, 6.45) is 1.54. The Morgan fingerprint density at radius 3 is 2.39 bits per heavy atom. The number of benzene rings is 2. The van der Waals surface area contributed by atoms with Gasteiger partial charge >= 0.3 is 0 Å². The number of nitrogens with one attached hydrogen (secondary N) is 1. The Hall–Kier alpha value is -3.03. The van der Waals surface area contributed by atoms with Crippen molar-refractivity contribution in [1.29, 1.82) is 0 Å². The van der Waals surface area contributed by atoms with Gasteiger partial charge in [-0.15, -0.1) is 0 Å². The molecule has 4 aromatic rings. The van der Waals surface area contributed by atoms with E-state index in [1.165, 1.54) is 18.4 Å². The first-order chi connectivity index (χ1) is 13.5. The number of hydrogen-bond acceptors (Lipinski definition) is 6. The highest BCUT2D eigenvalue weighted by atomic mass is 35.5. The van der Waals surface area contributed by atoms with Gasteiger partial charge in [0, 0.05) is 10.6 Å². The first-order valence-electron chi connectivity index (χ1n) is 8.37. The van der Waals surface area contributed by atoms with Crippen molar-refractivity contribution in [2.24, 2.45) is 0 Å². The zero-order valence-electron chi connectivity index (χ0n) is 14.5. The first kappa shape index (κ1) is 18.3. The molecule has 0 radical (unpaired) electrons. The van der Waals surface area contributed by atoms with Gasteiger partial charge in [0.15, 0.2) is 0 Å². The molecular formula is C20H15ClN2O4S. The second kappa shape index (κ2) is 7.53. The molecule has 0 aliphatic heterocycles. The summed E-state index contributed by atoms with van der Waals surface area (Å²) in [5, 5.41) is 3.34. The van der Waals surface area contributed by atoms with Crippen LogP contribution in [0.4, 0.5) is 5.88 Å². The Morgan fingerprint density at radius 2 is 1.71 bits per heavy atom. The highest BCUT2D eigenvalue weighted by Crippen LogP contribution is 2.33. The van der Waals surface area contributed by atoms with Crippen molar-refractivity contribution in [1.82, 2.24) is 4.98 Å². The Balaban J connectivity index is 1.77. The van der Waals surface area contributed by atoms with E-state index in [9.17, 15) is 8.42 Å². The summed E-state index contributed by atoms with van der Waals surface area (Å²) in [4.78, 5) is 4.40. The van der Waals surface area contributed by atoms with E-state index >= 15 is 0 Å². The van der Waals surface area contributed by atoms with Gasteiger partial charge in [0.1, 0.15) is 5.76 Å². The molecule has 0 saturated carbocycles. The normalized spacial score (nSPS) is 11.5. The molecule has 1 N–H and O–H groups in total. The minimum absolute atomic E-state index is 0.0465. The van der Waals surface area contributed by atoms with Crippen molar-refractivity contribution in [2.45, 2.75) is 16.5 Å². The summed E-state index contributed by atoms with van der Waals surface area (Å²) in [6, 6.07) is 18.4. The van der Waals surface area contributed by atoms with Crippen LogP contribution in [0.1, 0.15) is 5.76 Å². The summed E-state index contributed by atoms with van der Waals surface area (Å²) >= 11 is 5.93. The number of furan rings is 1. The molecule has 8 heteroatoms. The topological polar surface area (TPSA) is 85.3 Å².